The molecule has 0 N–H and O–H groups in total. The average molecular weight is 491 g/mol. The molecule has 0 aromatic heterocycles. The van der Waals surface area contributed by atoms with Gasteiger partial charge in [-0.15, -0.1) is 0 Å². The van der Waals surface area contributed by atoms with E-state index in [1.165, 1.54) is 27.4 Å². The van der Waals surface area contributed by atoms with E-state index in [-0.39, 0.29) is 29.8 Å². The Bertz CT molecular complexity index is 995. The first-order valence-electron chi connectivity index (χ1n) is 11.5. The first kappa shape index (κ1) is 26.7. The first-order chi connectivity index (χ1) is 16.6. The molecular weight excluding hydrogens is 456 g/mol. The van der Waals surface area contributed by atoms with Crippen molar-refractivity contribution < 1.29 is 42.7 Å². The lowest BCUT2D eigenvalue weighted by Crippen LogP contribution is -2.30. The number of rotatable bonds is 5. The summed E-state index contributed by atoms with van der Waals surface area (Å²) in [6, 6.07) is 1.56. The fourth-order valence-corrected chi connectivity index (χ4v) is 4.01. The van der Waals surface area contributed by atoms with Crippen LogP contribution in [0.5, 0.6) is 17.2 Å². The van der Waals surface area contributed by atoms with Gasteiger partial charge in [-0.2, -0.15) is 0 Å². The van der Waals surface area contributed by atoms with Crippen LogP contribution in [0, 0.1) is 5.92 Å². The molecule has 1 saturated heterocycles. The number of hydrogen-bond donors (Lipinski definition) is 0. The second-order valence-corrected chi connectivity index (χ2v) is 8.91. The third-order valence-electron chi connectivity index (χ3n) is 5.92. The summed E-state index contributed by atoms with van der Waals surface area (Å²) in [6.45, 7) is 7.08. The number of carbonyl (C=O) groups is 2. The zero-order valence-corrected chi connectivity index (χ0v) is 21.3. The van der Waals surface area contributed by atoms with E-state index in [1.807, 2.05) is 6.92 Å². The van der Waals surface area contributed by atoms with Crippen molar-refractivity contribution in [1.82, 2.24) is 0 Å². The first-order valence-corrected chi connectivity index (χ1v) is 11.5. The summed E-state index contributed by atoms with van der Waals surface area (Å²) >= 11 is 0. The van der Waals surface area contributed by atoms with E-state index in [0.717, 1.165) is 0 Å². The number of methoxy groups -OCH3 is 3. The van der Waals surface area contributed by atoms with Crippen molar-refractivity contribution in [2.24, 2.45) is 5.92 Å². The normalized spacial score (nSPS) is 28.2. The smallest absolute Gasteiger partial charge is 0.342 e. The minimum Gasteiger partial charge on any atom is -0.493 e. The number of carbonyl (C=O) groups excluding carboxylic acids is 2. The quantitative estimate of drug-likeness (QED) is 0.449. The zero-order chi connectivity index (χ0) is 25.8. The third kappa shape index (κ3) is 6.04. The maximum absolute atomic E-state index is 13.4. The van der Waals surface area contributed by atoms with Crippen molar-refractivity contribution in [2.75, 3.05) is 28.1 Å². The highest BCUT2D eigenvalue weighted by atomic mass is 16.8. The van der Waals surface area contributed by atoms with Crippen molar-refractivity contribution in [2.45, 2.75) is 58.2 Å². The van der Waals surface area contributed by atoms with E-state index in [2.05, 4.69) is 0 Å². The molecule has 0 radical (unpaired) electrons. The Morgan fingerprint density at radius 3 is 2.43 bits per heavy atom. The molecule has 0 aliphatic carbocycles. The van der Waals surface area contributed by atoms with Gasteiger partial charge >= 0.3 is 5.97 Å². The van der Waals surface area contributed by atoms with Gasteiger partial charge in [0.2, 0.25) is 0 Å². The van der Waals surface area contributed by atoms with Gasteiger partial charge in [0.05, 0.1) is 20.3 Å². The lowest BCUT2D eigenvalue weighted by molar-refractivity contribution is -0.152. The molecule has 0 unspecified atom stereocenters. The van der Waals surface area contributed by atoms with Gasteiger partial charge in [-0.1, -0.05) is 25.2 Å². The number of fused-ring (bicyclic) bond motifs is 2. The number of ether oxygens (including phenoxy) is 7. The maximum Gasteiger partial charge on any atom is 0.342 e. The van der Waals surface area contributed by atoms with Gasteiger partial charge in [-0.25, -0.2) is 4.79 Å². The standard InChI is InChI=1S/C26H34O9/c1-15-11-12-18(27)24-19(34-26(3,4)35-24)10-8-9-17-22(25(28)33-16(15)2)20(32-14-29-5)13-21(30-6)23(17)31-7/h8-9,11-13,15-16,19,24H,10,14H2,1-7H3/b9-8+,12-11-/t15-,16+,19+,24-/m1/s1. The Balaban J connectivity index is 2.16. The molecule has 3 rings (SSSR count). The van der Waals surface area contributed by atoms with Crippen LogP contribution in [0.15, 0.2) is 24.3 Å². The van der Waals surface area contributed by atoms with Crippen LogP contribution >= 0.6 is 0 Å². The van der Waals surface area contributed by atoms with Gasteiger partial charge in [0.25, 0.3) is 0 Å². The predicted octanol–water partition coefficient (Wildman–Crippen LogP) is 3.93. The van der Waals surface area contributed by atoms with Gasteiger partial charge in [-0.3, -0.25) is 4.79 Å². The molecule has 2 aliphatic rings. The van der Waals surface area contributed by atoms with Crippen molar-refractivity contribution in [3.63, 3.8) is 0 Å². The molecule has 35 heavy (non-hydrogen) atoms. The molecule has 4 atom stereocenters. The molecule has 0 amide bonds. The molecule has 192 valence electrons. The summed E-state index contributed by atoms with van der Waals surface area (Å²) in [5, 5.41) is 0. The number of benzene rings is 1. The van der Waals surface area contributed by atoms with E-state index in [9.17, 15) is 9.59 Å². The highest BCUT2D eigenvalue weighted by molar-refractivity contribution is 5.99. The number of ketones is 1. The number of hydrogen-bond acceptors (Lipinski definition) is 9. The second-order valence-electron chi connectivity index (χ2n) is 8.91. The average Bonchev–Trinajstić information content (AvgIpc) is 3.13. The molecule has 2 aliphatic heterocycles. The van der Waals surface area contributed by atoms with E-state index in [4.69, 9.17) is 33.2 Å². The van der Waals surface area contributed by atoms with Crippen LogP contribution in [0.2, 0.25) is 0 Å². The van der Waals surface area contributed by atoms with Crippen molar-refractivity contribution in [3.05, 3.63) is 35.4 Å². The lowest BCUT2D eigenvalue weighted by Gasteiger charge is -2.22. The van der Waals surface area contributed by atoms with Gasteiger partial charge in [-0.05, 0) is 33.3 Å². The molecule has 0 spiro atoms. The Kier molecular flexibility index (Phi) is 8.58. The SMILES string of the molecule is COCOc1cc(OC)c(OC)c2c1C(=O)O[C@@H](C)[C@H](C)/C=C\C(=O)[C@H]1OC(C)(C)O[C@H]1C/C=C/2. The Hall–Kier alpha value is -2.88. The summed E-state index contributed by atoms with van der Waals surface area (Å²) in [4.78, 5) is 26.3. The minimum absolute atomic E-state index is 0.0836. The van der Waals surface area contributed by atoms with Gasteiger partial charge in [0.1, 0.15) is 23.5 Å². The molecule has 9 heteroatoms. The summed E-state index contributed by atoms with van der Waals surface area (Å²) in [6.07, 6.45) is 5.24. The Labute approximate surface area is 205 Å². The van der Waals surface area contributed by atoms with Crippen LogP contribution in [0.1, 0.15) is 50.0 Å². The number of esters is 1. The topological polar surface area (TPSA) is 98.8 Å². The summed E-state index contributed by atoms with van der Waals surface area (Å²) in [5.41, 5.74) is 0.587. The van der Waals surface area contributed by atoms with Crippen LogP contribution in [-0.2, 0) is 23.7 Å². The van der Waals surface area contributed by atoms with Crippen molar-refractivity contribution in [1.29, 1.82) is 0 Å². The summed E-state index contributed by atoms with van der Waals surface area (Å²) in [7, 11) is 4.46. The molecule has 1 aromatic rings. The fourth-order valence-electron chi connectivity index (χ4n) is 4.01. The highest BCUT2D eigenvalue weighted by Gasteiger charge is 2.43. The Morgan fingerprint density at radius 2 is 1.77 bits per heavy atom. The molecule has 0 saturated carbocycles. The summed E-state index contributed by atoms with van der Waals surface area (Å²) in [5.74, 6) is -1.02. The summed E-state index contributed by atoms with van der Waals surface area (Å²) < 4.78 is 39.5. The monoisotopic (exact) mass is 490 g/mol. The number of cyclic esters (lactones) is 1. The van der Waals surface area contributed by atoms with Crippen LogP contribution in [0.4, 0.5) is 0 Å². The van der Waals surface area contributed by atoms with Crippen LogP contribution in [0.25, 0.3) is 6.08 Å². The molecular formula is C26H34O9. The van der Waals surface area contributed by atoms with Gasteiger partial charge in [0.15, 0.2) is 29.9 Å². The van der Waals surface area contributed by atoms with Crippen LogP contribution in [0.3, 0.4) is 0 Å². The third-order valence-corrected chi connectivity index (χ3v) is 5.92. The van der Waals surface area contributed by atoms with E-state index < -0.39 is 30.1 Å². The fraction of sp³-hybridized carbons (Fsp3) is 0.538. The van der Waals surface area contributed by atoms with Crippen LogP contribution in [-0.4, -0.2) is 64.0 Å². The van der Waals surface area contributed by atoms with E-state index in [0.29, 0.717) is 23.5 Å². The van der Waals surface area contributed by atoms with E-state index >= 15 is 0 Å². The highest BCUT2D eigenvalue weighted by Crippen LogP contribution is 2.41. The molecule has 9 nitrogen and oxygen atoms in total. The largest absolute Gasteiger partial charge is 0.493 e. The van der Waals surface area contributed by atoms with Crippen molar-refractivity contribution >= 4 is 17.8 Å². The van der Waals surface area contributed by atoms with E-state index in [1.54, 1.807) is 45.1 Å². The van der Waals surface area contributed by atoms with Gasteiger partial charge < -0.3 is 33.2 Å². The zero-order valence-electron chi connectivity index (χ0n) is 21.3. The predicted molar refractivity (Wildman–Crippen MR) is 128 cm³/mol. The maximum atomic E-state index is 13.4. The lowest BCUT2D eigenvalue weighted by atomic mass is 9.99. The Morgan fingerprint density at radius 1 is 1.03 bits per heavy atom. The van der Waals surface area contributed by atoms with Gasteiger partial charge in [0, 0.05) is 24.7 Å². The second kappa shape index (κ2) is 11.2. The molecule has 1 aromatic carbocycles. The molecule has 1 fully saturated rings. The molecule has 2 heterocycles. The van der Waals surface area contributed by atoms with Crippen LogP contribution < -0.4 is 14.2 Å². The van der Waals surface area contributed by atoms with Crippen molar-refractivity contribution in [3.8, 4) is 17.2 Å². The molecule has 0 bridgehead atoms. The minimum atomic E-state index is -0.904.